The highest BCUT2D eigenvalue weighted by molar-refractivity contribution is 6.06. The van der Waals surface area contributed by atoms with Crippen LogP contribution >= 0.6 is 0 Å². The van der Waals surface area contributed by atoms with E-state index in [1.807, 2.05) is 27.0 Å². The van der Waals surface area contributed by atoms with Gasteiger partial charge < -0.3 is 9.84 Å². The van der Waals surface area contributed by atoms with Crippen molar-refractivity contribution in [2.45, 2.75) is 52.0 Å². The van der Waals surface area contributed by atoms with Gasteiger partial charge in [0.1, 0.15) is 5.54 Å². The first-order chi connectivity index (χ1) is 12.4. The second-order valence-corrected chi connectivity index (χ2v) is 7.10. The summed E-state index contributed by atoms with van der Waals surface area (Å²) >= 11 is 0. The molecule has 3 heterocycles. The van der Waals surface area contributed by atoms with Gasteiger partial charge in [0.2, 0.25) is 5.89 Å². The minimum absolute atomic E-state index is 0.152. The number of nitrogens with zero attached hydrogens (tertiary/aromatic N) is 5. The molecule has 0 unspecified atom stereocenters. The first kappa shape index (κ1) is 16.7. The monoisotopic (exact) mass is 354 g/mol. The summed E-state index contributed by atoms with van der Waals surface area (Å²) in [4.78, 5) is 22.2. The molecular formula is C18H22N6O2. The maximum Gasteiger partial charge on any atom is 0.252 e. The summed E-state index contributed by atoms with van der Waals surface area (Å²) in [6.07, 6.45) is 3.64. The Morgan fingerprint density at radius 2 is 1.96 bits per heavy atom. The minimum atomic E-state index is -0.575. The molecule has 0 bridgehead atoms. The lowest BCUT2D eigenvalue weighted by Crippen LogP contribution is -2.44. The van der Waals surface area contributed by atoms with Crippen LogP contribution in [-0.2, 0) is 12.6 Å². The fourth-order valence-corrected chi connectivity index (χ4v) is 3.91. The lowest BCUT2D eigenvalue weighted by molar-refractivity contribution is 0.0893. The molecule has 1 N–H and O–H groups in total. The van der Waals surface area contributed by atoms with Crippen molar-refractivity contribution in [2.24, 2.45) is 7.05 Å². The average Bonchev–Trinajstić information content (AvgIpc) is 3.29. The number of amides is 1. The molecule has 1 saturated carbocycles. The zero-order chi connectivity index (χ0) is 18.5. The number of aromatic nitrogens is 5. The Kier molecular flexibility index (Phi) is 3.78. The molecule has 0 saturated heterocycles. The van der Waals surface area contributed by atoms with E-state index in [1.54, 1.807) is 11.6 Å². The number of nitrogens with one attached hydrogen (secondary N) is 1. The third-order valence-electron chi connectivity index (χ3n) is 5.11. The maximum atomic E-state index is 13.3. The number of rotatable bonds is 3. The van der Waals surface area contributed by atoms with Crippen LogP contribution in [0.5, 0.6) is 0 Å². The molecule has 1 aliphatic carbocycles. The standard InChI is InChI=1S/C18H22N6O2/c1-10-9-13(14-11(2)22-24(4)15(14)19-10)16(25)21-18(7-5-6-8-18)17-20-12(3)26-23-17/h9H,5-8H2,1-4H3,(H,21,25). The molecule has 0 aliphatic heterocycles. The number of carbonyl (C=O) groups is 1. The van der Waals surface area contributed by atoms with E-state index < -0.39 is 5.54 Å². The van der Waals surface area contributed by atoms with Gasteiger partial charge in [-0.1, -0.05) is 18.0 Å². The minimum Gasteiger partial charge on any atom is -0.340 e. The van der Waals surface area contributed by atoms with Crippen LogP contribution in [0.25, 0.3) is 11.0 Å². The zero-order valence-corrected chi connectivity index (χ0v) is 15.5. The van der Waals surface area contributed by atoms with Crippen molar-refractivity contribution < 1.29 is 9.32 Å². The molecular weight excluding hydrogens is 332 g/mol. The van der Waals surface area contributed by atoms with Gasteiger partial charge in [-0.15, -0.1) is 0 Å². The van der Waals surface area contributed by atoms with Crippen LogP contribution in [0, 0.1) is 20.8 Å². The van der Waals surface area contributed by atoms with Gasteiger partial charge >= 0.3 is 0 Å². The van der Waals surface area contributed by atoms with Gasteiger partial charge in [-0.3, -0.25) is 9.48 Å². The quantitative estimate of drug-likeness (QED) is 0.776. The first-order valence-corrected chi connectivity index (χ1v) is 8.84. The molecule has 4 rings (SSSR count). The topological polar surface area (TPSA) is 98.7 Å². The van der Waals surface area contributed by atoms with Crippen molar-refractivity contribution >= 4 is 16.9 Å². The summed E-state index contributed by atoms with van der Waals surface area (Å²) in [5.74, 6) is 0.914. The molecule has 8 nitrogen and oxygen atoms in total. The third kappa shape index (κ3) is 2.56. The predicted molar refractivity (Wildman–Crippen MR) is 94.6 cm³/mol. The summed E-state index contributed by atoms with van der Waals surface area (Å²) in [5, 5.41) is 12.5. The highest BCUT2D eigenvalue weighted by atomic mass is 16.5. The molecule has 0 atom stereocenters. The van der Waals surface area contributed by atoms with Crippen LogP contribution in [0.3, 0.4) is 0 Å². The second kappa shape index (κ2) is 5.89. The van der Waals surface area contributed by atoms with Crippen molar-refractivity contribution in [3.63, 3.8) is 0 Å². The predicted octanol–water partition coefficient (Wildman–Crippen LogP) is 2.48. The molecule has 1 amide bonds. The molecule has 0 spiro atoms. The number of carbonyl (C=O) groups excluding carboxylic acids is 1. The highest BCUT2D eigenvalue weighted by Crippen LogP contribution is 2.38. The molecule has 1 aliphatic rings. The molecule has 1 fully saturated rings. The molecule has 0 aromatic carbocycles. The van der Waals surface area contributed by atoms with E-state index in [0.29, 0.717) is 22.9 Å². The zero-order valence-electron chi connectivity index (χ0n) is 15.5. The summed E-state index contributed by atoms with van der Waals surface area (Å²) in [5.41, 5.74) is 2.29. The van der Waals surface area contributed by atoms with Crippen LogP contribution in [0.1, 0.15) is 59.1 Å². The Bertz CT molecular complexity index is 997. The van der Waals surface area contributed by atoms with Crippen LogP contribution in [0.2, 0.25) is 0 Å². The van der Waals surface area contributed by atoms with E-state index in [2.05, 4.69) is 25.5 Å². The van der Waals surface area contributed by atoms with Crippen molar-refractivity contribution in [3.8, 4) is 0 Å². The SMILES string of the molecule is Cc1cc(C(=O)NC2(c3noc(C)n3)CCCC2)c2c(C)nn(C)c2n1. The Hall–Kier alpha value is -2.77. The van der Waals surface area contributed by atoms with Gasteiger partial charge in [0, 0.05) is 19.7 Å². The molecule has 3 aromatic heterocycles. The molecule has 136 valence electrons. The van der Waals surface area contributed by atoms with Crippen molar-refractivity contribution in [2.75, 3.05) is 0 Å². The van der Waals surface area contributed by atoms with Crippen molar-refractivity contribution in [1.82, 2.24) is 30.2 Å². The number of pyridine rings is 1. The smallest absolute Gasteiger partial charge is 0.252 e. The third-order valence-corrected chi connectivity index (χ3v) is 5.11. The number of aryl methyl sites for hydroxylation is 4. The Morgan fingerprint density at radius 3 is 2.62 bits per heavy atom. The van der Waals surface area contributed by atoms with Crippen molar-refractivity contribution in [1.29, 1.82) is 0 Å². The summed E-state index contributed by atoms with van der Waals surface area (Å²) in [6, 6.07) is 1.82. The average molecular weight is 354 g/mol. The van der Waals surface area contributed by atoms with Crippen molar-refractivity contribution in [3.05, 3.63) is 34.7 Å². The van der Waals surface area contributed by atoms with E-state index in [1.165, 1.54) is 0 Å². The summed E-state index contributed by atoms with van der Waals surface area (Å²) in [6.45, 7) is 5.53. The van der Waals surface area contributed by atoms with Gasteiger partial charge in [-0.25, -0.2) is 4.98 Å². The van der Waals surface area contributed by atoms with Crippen LogP contribution in [0.15, 0.2) is 10.6 Å². The Labute approximate surface area is 151 Å². The molecule has 26 heavy (non-hydrogen) atoms. The van der Waals surface area contributed by atoms with E-state index >= 15 is 0 Å². The van der Waals surface area contributed by atoms with E-state index in [0.717, 1.165) is 42.5 Å². The Morgan fingerprint density at radius 1 is 1.23 bits per heavy atom. The molecule has 3 aromatic rings. The number of fused-ring (bicyclic) bond motifs is 1. The van der Waals surface area contributed by atoms with Gasteiger partial charge in [-0.05, 0) is 32.8 Å². The molecule has 0 radical (unpaired) electrons. The number of hydrogen-bond donors (Lipinski definition) is 1. The summed E-state index contributed by atoms with van der Waals surface area (Å²) < 4.78 is 6.88. The Balaban J connectivity index is 1.77. The largest absolute Gasteiger partial charge is 0.340 e. The fraction of sp³-hybridized carbons (Fsp3) is 0.500. The van der Waals surface area contributed by atoms with Crippen LogP contribution < -0.4 is 5.32 Å². The number of hydrogen-bond acceptors (Lipinski definition) is 6. The maximum absolute atomic E-state index is 13.3. The van der Waals surface area contributed by atoms with Gasteiger partial charge in [-0.2, -0.15) is 10.1 Å². The lowest BCUT2D eigenvalue weighted by atomic mass is 9.95. The summed E-state index contributed by atoms with van der Waals surface area (Å²) in [7, 11) is 1.84. The highest BCUT2D eigenvalue weighted by Gasteiger charge is 2.41. The van der Waals surface area contributed by atoms with E-state index in [9.17, 15) is 4.79 Å². The van der Waals surface area contributed by atoms with Gasteiger partial charge in [0.25, 0.3) is 5.91 Å². The van der Waals surface area contributed by atoms with Crippen LogP contribution in [-0.4, -0.2) is 30.8 Å². The second-order valence-electron chi connectivity index (χ2n) is 7.10. The van der Waals surface area contributed by atoms with E-state index in [-0.39, 0.29) is 5.91 Å². The lowest BCUT2D eigenvalue weighted by Gasteiger charge is -2.27. The fourth-order valence-electron chi connectivity index (χ4n) is 3.91. The first-order valence-electron chi connectivity index (χ1n) is 8.84. The van der Waals surface area contributed by atoms with E-state index in [4.69, 9.17) is 4.52 Å². The van der Waals surface area contributed by atoms with Crippen LogP contribution in [0.4, 0.5) is 0 Å². The molecule has 8 heteroatoms. The normalized spacial score (nSPS) is 16.3. The van der Waals surface area contributed by atoms with Gasteiger partial charge in [0.05, 0.1) is 16.6 Å². The van der Waals surface area contributed by atoms with Gasteiger partial charge in [0.15, 0.2) is 11.5 Å².